The van der Waals surface area contributed by atoms with E-state index in [4.69, 9.17) is 5.73 Å². The van der Waals surface area contributed by atoms with Crippen molar-refractivity contribution in [2.75, 3.05) is 11.1 Å². The van der Waals surface area contributed by atoms with Crippen LogP contribution in [0, 0.1) is 11.6 Å². The summed E-state index contributed by atoms with van der Waals surface area (Å²) in [6.07, 6.45) is 2.01. The number of carbonyl (C=O) groups excluding carboxylic acids is 1. The third kappa shape index (κ3) is 2.11. The molecule has 0 aliphatic heterocycles. The van der Waals surface area contributed by atoms with Gasteiger partial charge in [0.15, 0.2) is 17.3 Å². The average Bonchev–Trinajstić information content (AvgIpc) is 3.18. The quantitative estimate of drug-likeness (QED) is 0.806. The van der Waals surface area contributed by atoms with Crippen molar-refractivity contribution in [1.82, 2.24) is 10.2 Å². The molecule has 104 valence electrons. The van der Waals surface area contributed by atoms with Crippen LogP contribution in [0.2, 0.25) is 0 Å². The summed E-state index contributed by atoms with van der Waals surface area (Å²) in [5.74, 6) is -2.50. The van der Waals surface area contributed by atoms with E-state index in [1.54, 1.807) is 0 Å². The molecule has 0 bridgehead atoms. The highest BCUT2D eigenvalue weighted by molar-refractivity contribution is 6.06. The lowest BCUT2D eigenvalue weighted by Gasteiger charge is -2.05. The maximum atomic E-state index is 13.5. The first kappa shape index (κ1) is 12.6. The molecule has 1 aliphatic carbocycles. The molecule has 0 saturated heterocycles. The van der Waals surface area contributed by atoms with E-state index in [-0.39, 0.29) is 17.1 Å². The first-order valence-electron chi connectivity index (χ1n) is 6.17. The molecule has 0 unspecified atom stereocenters. The van der Waals surface area contributed by atoms with Gasteiger partial charge in [-0.2, -0.15) is 5.10 Å². The molecule has 1 aromatic heterocycles. The number of hydrogen-bond acceptors (Lipinski definition) is 3. The summed E-state index contributed by atoms with van der Waals surface area (Å²) in [5.41, 5.74) is 6.59. The average molecular weight is 278 g/mol. The number of aromatic amines is 1. The fourth-order valence-corrected chi connectivity index (χ4v) is 2.00. The van der Waals surface area contributed by atoms with Crippen LogP contribution in [0.1, 0.15) is 34.9 Å². The van der Waals surface area contributed by atoms with Crippen LogP contribution in [0.4, 0.5) is 20.2 Å². The van der Waals surface area contributed by atoms with E-state index >= 15 is 0 Å². The minimum atomic E-state index is -1.11. The van der Waals surface area contributed by atoms with Gasteiger partial charge < -0.3 is 11.1 Å². The standard InChI is InChI=1S/C13H12F2N4O/c14-7-2-1-3-8(9(7)15)17-13(20)12-10(16)11(18-19-12)6-4-5-6/h1-3,6H,4-5,16H2,(H,17,20)(H,18,19). The van der Waals surface area contributed by atoms with Crippen molar-refractivity contribution >= 4 is 17.3 Å². The van der Waals surface area contributed by atoms with Crippen molar-refractivity contribution in [2.45, 2.75) is 18.8 Å². The van der Waals surface area contributed by atoms with Gasteiger partial charge in [-0.25, -0.2) is 8.78 Å². The van der Waals surface area contributed by atoms with Crippen LogP contribution >= 0.6 is 0 Å². The number of nitrogen functional groups attached to an aromatic ring is 1. The van der Waals surface area contributed by atoms with Crippen LogP contribution in [0.5, 0.6) is 0 Å². The van der Waals surface area contributed by atoms with Gasteiger partial charge in [0.1, 0.15) is 0 Å². The summed E-state index contributed by atoms with van der Waals surface area (Å²) in [7, 11) is 0. The van der Waals surface area contributed by atoms with Gasteiger partial charge in [-0.15, -0.1) is 0 Å². The highest BCUT2D eigenvalue weighted by Crippen LogP contribution is 2.42. The fraction of sp³-hybridized carbons (Fsp3) is 0.231. The second kappa shape index (κ2) is 4.59. The summed E-state index contributed by atoms with van der Waals surface area (Å²) in [4.78, 5) is 12.0. The normalized spacial score (nSPS) is 14.3. The molecule has 0 atom stereocenters. The van der Waals surface area contributed by atoms with E-state index in [1.165, 1.54) is 12.1 Å². The lowest BCUT2D eigenvalue weighted by molar-refractivity contribution is 0.102. The zero-order valence-corrected chi connectivity index (χ0v) is 10.4. The van der Waals surface area contributed by atoms with Gasteiger partial charge >= 0.3 is 0 Å². The topological polar surface area (TPSA) is 83.8 Å². The van der Waals surface area contributed by atoms with E-state index < -0.39 is 17.5 Å². The Morgan fingerprint density at radius 1 is 1.40 bits per heavy atom. The molecule has 1 fully saturated rings. The minimum Gasteiger partial charge on any atom is -0.395 e. The molecule has 7 heteroatoms. The molecule has 1 saturated carbocycles. The van der Waals surface area contributed by atoms with E-state index in [0.29, 0.717) is 5.92 Å². The lowest BCUT2D eigenvalue weighted by Crippen LogP contribution is -2.15. The number of nitrogens with one attached hydrogen (secondary N) is 2. The van der Waals surface area contributed by atoms with Crippen molar-refractivity contribution in [2.24, 2.45) is 0 Å². The molecule has 1 heterocycles. The monoisotopic (exact) mass is 278 g/mol. The van der Waals surface area contributed by atoms with Gasteiger partial charge in [-0.05, 0) is 25.0 Å². The van der Waals surface area contributed by atoms with Crippen LogP contribution < -0.4 is 11.1 Å². The second-order valence-electron chi connectivity index (χ2n) is 4.73. The SMILES string of the molecule is Nc1c(C(=O)Nc2cccc(F)c2F)n[nH]c1C1CC1. The minimum absolute atomic E-state index is 0.00411. The highest BCUT2D eigenvalue weighted by atomic mass is 19.2. The molecule has 5 nitrogen and oxygen atoms in total. The van der Waals surface area contributed by atoms with Crippen molar-refractivity contribution in [1.29, 1.82) is 0 Å². The third-order valence-corrected chi connectivity index (χ3v) is 3.23. The van der Waals surface area contributed by atoms with E-state index in [1.807, 2.05) is 0 Å². The lowest BCUT2D eigenvalue weighted by atomic mass is 10.2. The number of rotatable bonds is 3. The third-order valence-electron chi connectivity index (χ3n) is 3.23. The van der Waals surface area contributed by atoms with Crippen molar-refractivity contribution < 1.29 is 13.6 Å². The second-order valence-corrected chi connectivity index (χ2v) is 4.73. The predicted octanol–water partition coefficient (Wildman–Crippen LogP) is 2.40. The summed E-state index contributed by atoms with van der Waals surface area (Å²) < 4.78 is 26.5. The zero-order valence-electron chi connectivity index (χ0n) is 10.4. The maximum Gasteiger partial charge on any atom is 0.278 e. The Morgan fingerprint density at radius 3 is 2.85 bits per heavy atom. The van der Waals surface area contributed by atoms with Crippen LogP contribution in [0.25, 0.3) is 0 Å². The Morgan fingerprint density at radius 2 is 2.15 bits per heavy atom. The molecule has 4 N–H and O–H groups in total. The molecule has 1 amide bonds. The molecule has 20 heavy (non-hydrogen) atoms. The smallest absolute Gasteiger partial charge is 0.278 e. The van der Waals surface area contributed by atoms with Gasteiger partial charge in [0.05, 0.1) is 17.1 Å². The van der Waals surface area contributed by atoms with Crippen molar-refractivity contribution in [3.05, 3.63) is 41.2 Å². The number of nitrogens with two attached hydrogens (primary N) is 1. The summed E-state index contributed by atoms with van der Waals surface area (Å²) in [5, 5.41) is 8.84. The first-order chi connectivity index (χ1) is 9.58. The van der Waals surface area contributed by atoms with Gasteiger partial charge in [-0.3, -0.25) is 9.89 Å². The number of benzene rings is 1. The Hall–Kier alpha value is -2.44. The van der Waals surface area contributed by atoms with Gasteiger partial charge in [0.2, 0.25) is 0 Å². The molecule has 3 rings (SSSR count). The number of carbonyl (C=O) groups is 1. The van der Waals surface area contributed by atoms with Crippen molar-refractivity contribution in [3.63, 3.8) is 0 Å². The predicted molar refractivity (Wildman–Crippen MR) is 69.3 cm³/mol. The summed E-state index contributed by atoms with van der Waals surface area (Å²) in [6, 6.07) is 3.54. The largest absolute Gasteiger partial charge is 0.395 e. The van der Waals surface area contributed by atoms with Crippen molar-refractivity contribution in [3.8, 4) is 0 Å². The highest BCUT2D eigenvalue weighted by Gasteiger charge is 2.30. The number of hydrogen-bond donors (Lipinski definition) is 3. The summed E-state index contributed by atoms with van der Waals surface area (Å²) in [6.45, 7) is 0. The Bertz CT molecular complexity index is 679. The molecular formula is C13H12F2N4O. The molecule has 0 spiro atoms. The Kier molecular flexibility index (Phi) is 2.89. The Balaban J connectivity index is 1.84. The van der Waals surface area contributed by atoms with E-state index in [2.05, 4.69) is 15.5 Å². The van der Waals surface area contributed by atoms with Gasteiger partial charge in [-0.1, -0.05) is 6.07 Å². The van der Waals surface area contributed by atoms with Crippen LogP contribution in [0.15, 0.2) is 18.2 Å². The fourth-order valence-electron chi connectivity index (χ4n) is 2.00. The van der Waals surface area contributed by atoms with Crippen LogP contribution in [0.3, 0.4) is 0 Å². The van der Waals surface area contributed by atoms with E-state index in [9.17, 15) is 13.6 Å². The van der Waals surface area contributed by atoms with Gasteiger partial charge in [0.25, 0.3) is 5.91 Å². The molecule has 1 aromatic carbocycles. The number of H-pyrrole nitrogens is 1. The van der Waals surface area contributed by atoms with Crippen LogP contribution in [-0.2, 0) is 0 Å². The molecule has 0 radical (unpaired) electrons. The molecular weight excluding hydrogens is 266 g/mol. The number of nitrogens with zero attached hydrogens (tertiary/aromatic N) is 1. The molecule has 1 aliphatic rings. The molecule has 2 aromatic rings. The number of halogens is 2. The summed E-state index contributed by atoms with van der Waals surface area (Å²) >= 11 is 0. The zero-order chi connectivity index (χ0) is 14.3. The number of amides is 1. The first-order valence-corrected chi connectivity index (χ1v) is 6.17. The van der Waals surface area contributed by atoms with E-state index in [0.717, 1.165) is 24.6 Å². The Labute approximate surface area is 113 Å². The number of anilines is 2. The maximum absolute atomic E-state index is 13.5. The van der Waals surface area contributed by atoms with Gasteiger partial charge in [0, 0.05) is 5.92 Å². The van der Waals surface area contributed by atoms with Crippen LogP contribution in [-0.4, -0.2) is 16.1 Å². The number of aromatic nitrogens is 2.